The summed E-state index contributed by atoms with van der Waals surface area (Å²) in [6.45, 7) is 0. The molecule has 0 aromatic carbocycles. The van der Waals surface area contributed by atoms with Gasteiger partial charge in [-0.05, 0) is 18.8 Å². The highest BCUT2D eigenvalue weighted by Crippen LogP contribution is 2.48. The van der Waals surface area contributed by atoms with E-state index in [1.165, 1.54) is 12.8 Å². The third-order valence-corrected chi connectivity index (χ3v) is 3.37. The zero-order chi connectivity index (χ0) is 6.43. The Labute approximate surface area is 64.8 Å². The second-order valence-electron chi connectivity index (χ2n) is 2.84. The first-order valence-corrected chi connectivity index (χ1v) is 4.12. The average Bonchev–Trinajstić information content (AvgIpc) is 2.25. The van der Waals surface area contributed by atoms with E-state index in [-0.39, 0.29) is 0 Å². The van der Waals surface area contributed by atoms with E-state index in [1.807, 2.05) is 0 Å². The average molecular weight is 163 g/mol. The van der Waals surface area contributed by atoms with Crippen LogP contribution in [0.25, 0.3) is 0 Å². The summed E-state index contributed by atoms with van der Waals surface area (Å²) in [5.74, 6) is 1.09. The molecule has 2 rings (SSSR count). The Hall–Kier alpha value is 0.320. The van der Waals surface area contributed by atoms with Crippen LogP contribution >= 0.6 is 23.2 Å². The molecular weight excluding hydrogens is 155 g/mol. The Balaban J connectivity index is 2.30. The van der Waals surface area contributed by atoms with Gasteiger partial charge in [-0.15, -0.1) is 11.6 Å². The van der Waals surface area contributed by atoms with E-state index >= 15 is 0 Å². The molecule has 1 fully saturated rings. The number of halogens is 2. The van der Waals surface area contributed by atoms with Crippen LogP contribution in [0.2, 0.25) is 0 Å². The lowest BCUT2D eigenvalue weighted by molar-refractivity contribution is 0.691. The third kappa shape index (κ3) is 0.731. The standard InChI is InChI=1S/C7H8Cl2/c8-6-3-4-1-2-5(6)7(4)9/h3-5,7H,1-2H2. The van der Waals surface area contributed by atoms with Crippen LogP contribution in [-0.2, 0) is 0 Å². The van der Waals surface area contributed by atoms with Crippen molar-refractivity contribution in [3.8, 4) is 0 Å². The lowest BCUT2D eigenvalue weighted by Gasteiger charge is -2.05. The maximum Gasteiger partial charge on any atom is 0.0476 e. The minimum Gasteiger partial charge on any atom is -0.122 e. The van der Waals surface area contributed by atoms with E-state index in [0.717, 1.165) is 5.03 Å². The maximum absolute atomic E-state index is 6.03. The van der Waals surface area contributed by atoms with Crippen molar-refractivity contribution in [2.24, 2.45) is 11.8 Å². The molecule has 3 unspecified atom stereocenters. The van der Waals surface area contributed by atoms with Gasteiger partial charge in [-0.2, -0.15) is 0 Å². The van der Waals surface area contributed by atoms with Gasteiger partial charge < -0.3 is 0 Å². The summed E-state index contributed by atoms with van der Waals surface area (Å²) in [5.41, 5.74) is 0. The van der Waals surface area contributed by atoms with Gasteiger partial charge in [-0.1, -0.05) is 17.7 Å². The molecule has 3 atom stereocenters. The monoisotopic (exact) mass is 162 g/mol. The van der Waals surface area contributed by atoms with E-state index in [1.54, 1.807) is 0 Å². The minimum absolute atomic E-state index is 0.317. The van der Waals surface area contributed by atoms with Crippen LogP contribution in [0.5, 0.6) is 0 Å². The Morgan fingerprint density at radius 2 is 2.22 bits per heavy atom. The van der Waals surface area contributed by atoms with Gasteiger partial charge in [0.1, 0.15) is 0 Å². The van der Waals surface area contributed by atoms with Gasteiger partial charge in [0.15, 0.2) is 0 Å². The fourth-order valence-corrected chi connectivity index (χ4v) is 2.71. The van der Waals surface area contributed by atoms with Gasteiger partial charge >= 0.3 is 0 Å². The molecule has 1 saturated carbocycles. The van der Waals surface area contributed by atoms with Crippen LogP contribution in [0.3, 0.4) is 0 Å². The lowest BCUT2D eigenvalue weighted by atomic mass is 10.1. The van der Waals surface area contributed by atoms with Crippen LogP contribution in [0.15, 0.2) is 11.1 Å². The molecule has 0 aliphatic heterocycles. The van der Waals surface area contributed by atoms with Crippen LogP contribution in [-0.4, -0.2) is 5.38 Å². The molecule has 0 amide bonds. The molecule has 2 aliphatic carbocycles. The zero-order valence-corrected chi connectivity index (χ0v) is 6.49. The molecule has 9 heavy (non-hydrogen) atoms. The van der Waals surface area contributed by atoms with Gasteiger partial charge in [-0.25, -0.2) is 0 Å². The molecule has 2 aliphatic rings. The van der Waals surface area contributed by atoms with Crippen molar-refractivity contribution in [2.75, 3.05) is 0 Å². The van der Waals surface area contributed by atoms with Crippen molar-refractivity contribution < 1.29 is 0 Å². The molecule has 0 radical (unpaired) electrons. The van der Waals surface area contributed by atoms with Crippen molar-refractivity contribution in [3.05, 3.63) is 11.1 Å². The number of hydrogen-bond acceptors (Lipinski definition) is 0. The molecule has 0 N–H and O–H groups in total. The highest BCUT2D eigenvalue weighted by molar-refractivity contribution is 6.32. The summed E-state index contributed by atoms with van der Waals surface area (Å²) in [6, 6.07) is 0. The van der Waals surface area contributed by atoms with Crippen molar-refractivity contribution in [1.82, 2.24) is 0 Å². The van der Waals surface area contributed by atoms with E-state index in [4.69, 9.17) is 23.2 Å². The molecule has 0 aromatic heterocycles. The number of rotatable bonds is 0. The molecule has 0 spiro atoms. The quantitative estimate of drug-likeness (QED) is 0.481. The Morgan fingerprint density at radius 3 is 2.44 bits per heavy atom. The molecule has 0 heterocycles. The number of fused-ring (bicyclic) bond motifs is 2. The number of alkyl halides is 1. The fraction of sp³-hybridized carbons (Fsp3) is 0.714. The van der Waals surface area contributed by atoms with Crippen LogP contribution < -0.4 is 0 Å². The SMILES string of the molecule is ClC1=CC2CCC1C2Cl. The van der Waals surface area contributed by atoms with Gasteiger partial charge in [0, 0.05) is 16.3 Å². The minimum atomic E-state index is 0.317. The largest absolute Gasteiger partial charge is 0.122 e. The first-order chi connectivity index (χ1) is 4.29. The van der Waals surface area contributed by atoms with Gasteiger partial charge in [0.25, 0.3) is 0 Å². The zero-order valence-electron chi connectivity index (χ0n) is 4.98. The van der Waals surface area contributed by atoms with Crippen LogP contribution in [0, 0.1) is 11.8 Å². The fourth-order valence-electron chi connectivity index (χ4n) is 1.78. The predicted molar refractivity (Wildman–Crippen MR) is 39.8 cm³/mol. The molecule has 0 nitrogen and oxygen atoms in total. The van der Waals surface area contributed by atoms with Gasteiger partial charge in [0.05, 0.1) is 0 Å². The van der Waals surface area contributed by atoms with E-state index < -0.39 is 0 Å². The molecule has 2 bridgehead atoms. The molecular formula is C7H8Cl2. The Morgan fingerprint density at radius 1 is 1.44 bits per heavy atom. The highest BCUT2D eigenvalue weighted by Gasteiger charge is 2.40. The summed E-state index contributed by atoms with van der Waals surface area (Å²) in [7, 11) is 0. The van der Waals surface area contributed by atoms with Gasteiger partial charge in [-0.3, -0.25) is 0 Å². The van der Waals surface area contributed by atoms with Crippen molar-refractivity contribution >= 4 is 23.2 Å². The maximum atomic E-state index is 6.03. The van der Waals surface area contributed by atoms with Gasteiger partial charge in [0.2, 0.25) is 0 Å². The summed E-state index contributed by atoms with van der Waals surface area (Å²) in [5, 5.41) is 1.32. The summed E-state index contributed by atoms with van der Waals surface area (Å²) in [4.78, 5) is 0. The second kappa shape index (κ2) is 1.90. The Bertz CT molecular complexity index is 162. The third-order valence-electron chi connectivity index (χ3n) is 2.33. The first-order valence-electron chi connectivity index (χ1n) is 3.30. The van der Waals surface area contributed by atoms with Crippen molar-refractivity contribution in [2.45, 2.75) is 18.2 Å². The topological polar surface area (TPSA) is 0 Å². The van der Waals surface area contributed by atoms with Crippen LogP contribution in [0.1, 0.15) is 12.8 Å². The molecule has 50 valence electrons. The van der Waals surface area contributed by atoms with Crippen molar-refractivity contribution in [1.29, 1.82) is 0 Å². The summed E-state index contributed by atoms with van der Waals surface area (Å²) in [6.07, 6.45) is 4.57. The summed E-state index contributed by atoms with van der Waals surface area (Å²) >= 11 is 11.9. The molecule has 0 aromatic rings. The van der Waals surface area contributed by atoms with Crippen molar-refractivity contribution in [3.63, 3.8) is 0 Å². The first kappa shape index (κ1) is 6.06. The summed E-state index contributed by atoms with van der Waals surface area (Å²) < 4.78 is 0. The van der Waals surface area contributed by atoms with E-state index in [2.05, 4.69) is 6.08 Å². The molecule has 0 saturated heterocycles. The van der Waals surface area contributed by atoms with Crippen LogP contribution in [0.4, 0.5) is 0 Å². The van der Waals surface area contributed by atoms with E-state index in [0.29, 0.717) is 17.2 Å². The second-order valence-corrected chi connectivity index (χ2v) is 3.78. The number of hydrogen-bond donors (Lipinski definition) is 0. The van der Waals surface area contributed by atoms with E-state index in [9.17, 15) is 0 Å². The highest BCUT2D eigenvalue weighted by atomic mass is 35.5. The Kier molecular flexibility index (Phi) is 1.28. The molecule has 2 heteroatoms. The lowest BCUT2D eigenvalue weighted by Crippen LogP contribution is -2.04. The smallest absolute Gasteiger partial charge is 0.0476 e. The number of allylic oxidation sites excluding steroid dienone is 2. The normalized spacial score (nSPS) is 47.8. The predicted octanol–water partition coefficient (Wildman–Crippen LogP) is 2.76.